The van der Waals surface area contributed by atoms with Crippen molar-refractivity contribution in [2.45, 2.75) is 13.3 Å². The zero-order valence-electron chi connectivity index (χ0n) is 11.1. The van der Waals surface area contributed by atoms with E-state index in [2.05, 4.69) is 5.32 Å². The maximum Gasteiger partial charge on any atom is 0.241 e. The normalized spacial score (nSPS) is 14.6. The first-order chi connectivity index (χ1) is 9.65. The molecule has 3 rings (SSSR count). The van der Waals surface area contributed by atoms with E-state index in [4.69, 9.17) is 0 Å². The van der Waals surface area contributed by atoms with Crippen molar-refractivity contribution in [3.8, 4) is 0 Å². The molecule has 0 spiro atoms. The summed E-state index contributed by atoms with van der Waals surface area (Å²) in [5, 5.41) is 2.78. The van der Waals surface area contributed by atoms with Crippen LogP contribution in [0.4, 0.5) is 17.1 Å². The van der Waals surface area contributed by atoms with E-state index in [1.165, 1.54) is 0 Å². The highest BCUT2D eigenvalue weighted by Crippen LogP contribution is 2.35. The van der Waals surface area contributed by atoms with Gasteiger partial charge in [0.25, 0.3) is 0 Å². The van der Waals surface area contributed by atoms with Crippen molar-refractivity contribution in [1.82, 2.24) is 0 Å². The van der Waals surface area contributed by atoms with Gasteiger partial charge in [-0.1, -0.05) is 24.3 Å². The minimum Gasteiger partial charge on any atom is -0.324 e. The number of carbonyl (C=O) groups is 2. The third-order valence-corrected chi connectivity index (χ3v) is 3.24. The van der Waals surface area contributed by atoms with Crippen LogP contribution in [0.25, 0.3) is 0 Å². The number of nitrogens with one attached hydrogen (secondary N) is 1. The number of para-hydroxylation sites is 1. The number of benzene rings is 2. The predicted molar refractivity (Wildman–Crippen MR) is 78.0 cm³/mol. The molecule has 2 amide bonds. The average Bonchev–Trinajstić information content (AvgIpc) is 2.54. The Labute approximate surface area is 117 Å². The molecule has 4 nitrogen and oxygen atoms in total. The molecular weight excluding hydrogens is 252 g/mol. The van der Waals surface area contributed by atoms with E-state index in [1.807, 2.05) is 55.5 Å². The summed E-state index contributed by atoms with van der Waals surface area (Å²) in [4.78, 5) is 25.7. The molecule has 1 heterocycles. The standard InChI is InChI=1S/C16H14N2O2/c1-11-7-8-13-14(9-11)18(12-5-3-2-4-6-12)16(20)10-15(19)17-13/h2-9H,10H2,1H3,(H,17,19). The SMILES string of the molecule is Cc1ccc2c(c1)N(c1ccccc1)C(=O)CC(=O)N2. The van der Waals surface area contributed by atoms with Crippen LogP contribution in [0.15, 0.2) is 48.5 Å². The third kappa shape index (κ3) is 2.16. The summed E-state index contributed by atoms with van der Waals surface area (Å²) in [6, 6.07) is 15.0. The lowest BCUT2D eigenvalue weighted by atomic mass is 10.1. The van der Waals surface area contributed by atoms with Gasteiger partial charge in [0.15, 0.2) is 0 Å². The van der Waals surface area contributed by atoms with Crippen LogP contribution in [-0.2, 0) is 9.59 Å². The van der Waals surface area contributed by atoms with E-state index in [0.717, 1.165) is 11.3 Å². The number of fused-ring (bicyclic) bond motifs is 1. The Morgan fingerprint density at radius 3 is 2.55 bits per heavy atom. The van der Waals surface area contributed by atoms with Crippen LogP contribution in [0.5, 0.6) is 0 Å². The molecule has 1 aliphatic heterocycles. The van der Waals surface area contributed by atoms with E-state index in [0.29, 0.717) is 11.4 Å². The lowest BCUT2D eigenvalue weighted by Crippen LogP contribution is -2.26. The molecule has 0 unspecified atom stereocenters. The molecule has 0 saturated heterocycles. The minimum atomic E-state index is -0.279. The molecule has 2 aromatic carbocycles. The Bertz CT molecular complexity index is 680. The number of hydrogen-bond donors (Lipinski definition) is 1. The summed E-state index contributed by atoms with van der Waals surface area (Å²) >= 11 is 0. The van der Waals surface area contributed by atoms with Gasteiger partial charge in [0, 0.05) is 5.69 Å². The van der Waals surface area contributed by atoms with E-state index in [-0.39, 0.29) is 18.2 Å². The summed E-state index contributed by atoms with van der Waals surface area (Å²) in [6.07, 6.45) is -0.150. The first-order valence-electron chi connectivity index (χ1n) is 6.43. The second kappa shape index (κ2) is 4.81. The van der Waals surface area contributed by atoms with Gasteiger partial charge < -0.3 is 5.32 Å². The van der Waals surface area contributed by atoms with Gasteiger partial charge in [-0.2, -0.15) is 0 Å². The van der Waals surface area contributed by atoms with Crippen LogP contribution in [0.3, 0.4) is 0 Å². The zero-order chi connectivity index (χ0) is 14.1. The Morgan fingerprint density at radius 2 is 1.80 bits per heavy atom. The molecule has 0 fully saturated rings. The molecule has 4 heteroatoms. The molecule has 0 aliphatic carbocycles. The van der Waals surface area contributed by atoms with Crippen molar-refractivity contribution in [3.05, 3.63) is 54.1 Å². The van der Waals surface area contributed by atoms with E-state index in [1.54, 1.807) is 4.90 Å². The molecule has 1 N–H and O–H groups in total. The molecule has 2 aromatic rings. The lowest BCUT2D eigenvalue weighted by molar-refractivity contribution is -0.124. The van der Waals surface area contributed by atoms with Gasteiger partial charge >= 0.3 is 0 Å². The number of hydrogen-bond acceptors (Lipinski definition) is 2. The van der Waals surface area contributed by atoms with Crippen molar-refractivity contribution < 1.29 is 9.59 Å². The van der Waals surface area contributed by atoms with Crippen LogP contribution in [0.1, 0.15) is 12.0 Å². The van der Waals surface area contributed by atoms with Crippen LogP contribution >= 0.6 is 0 Å². The highest BCUT2D eigenvalue weighted by Gasteiger charge is 2.27. The molecule has 0 radical (unpaired) electrons. The Balaban J connectivity index is 2.20. The predicted octanol–water partition coefficient (Wildman–Crippen LogP) is 3.00. The van der Waals surface area contributed by atoms with E-state index in [9.17, 15) is 9.59 Å². The monoisotopic (exact) mass is 266 g/mol. The molecular formula is C16H14N2O2. The van der Waals surface area contributed by atoms with Gasteiger partial charge in [0.2, 0.25) is 11.8 Å². The fourth-order valence-electron chi connectivity index (χ4n) is 2.34. The van der Waals surface area contributed by atoms with Gasteiger partial charge in [-0.3, -0.25) is 14.5 Å². The van der Waals surface area contributed by atoms with Gasteiger partial charge in [-0.05, 0) is 36.8 Å². The van der Waals surface area contributed by atoms with Gasteiger partial charge in [0.05, 0.1) is 11.4 Å². The Hall–Kier alpha value is -2.62. The van der Waals surface area contributed by atoms with Crippen LogP contribution in [0, 0.1) is 6.92 Å². The molecule has 100 valence electrons. The number of rotatable bonds is 1. The zero-order valence-corrected chi connectivity index (χ0v) is 11.1. The highest BCUT2D eigenvalue weighted by molar-refractivity contribution is 6.17. The number of amides is 2. The topological polar surface area (TPSA) is 49.4 Å². The molecule has 20 heavy (non-hydrogen) atoms. The first kappa shape index (κ1) is 12.4. The second-order valence-corrected chi connectivity index (χ2v) is 4.81. The molecule has 0 bridgehead atoms. The maximum atomic E-state index is 12.4. The summed E-state index contributed by atoms with van der Waals surface area (Å²) < 4.78 is 0. The Morgan fingerprint density at radius 1 is 1.05 bits per heavy atom. The molecule has 0 saturated carbocycles. The highest BCUT2D eigenvalue weighted by atomic mass is 16.2. The smallest absolute Gasteiger partial charge is 0.241 e. The average molecular weight is 266 g/mol. The maximum absolute atomic E-state index is 12.4. The van der Waals surface area contributed by atoms with Crippen molar-refractivity contribution in [2.75, 3.05) is 10.2 Å². The van der Waals surface area contributed by atoms with Gasteiger partial charge in [-0.15, -0.1) is 0 Å². The molecule has 1 aliphatic rings. The van der Waals surface area contributed by atoms with E-state index < -0.39 is 0 Å². The van der Waals surface area contributed by atoms with Crippen molar-refractivity contribution in [1.29, 1.82) is 0 Å². The van der Waals surface area contributed by atoms with Crippen LogP contribution in [0.2, 0.25) is 0 Å². The third-order valence-electron chi connectivity index (χ3n) is 3.24. The molecule has 0 aromatic heterocycles. The summed E-state index contributed by atoms with van der Waals surface area (Å²) in [7, 11) is 0. The fraction of sp³-hybridized carbons (Fsp3) is 0.125. The first-order valence-corrected chi connectivity index (χ1v) is 6.43. The second-order valence-electron chi connectivity index (χ2n) is 4.81. The lowest BCUT2D eigenvalue weighted by Gasteiger charge is -2.22. The van der Waals surface area contributed by atoms with Gasteiger partial charge in [-0.25, -0.2) is 0 Å². The number of aryl methyl sites for hydroxylation is 1. The summed E-state index contributed by atoms with van der Waals surface area (Å²) in [6.45, 7) is 1.96. The van der Waals surface area contributed by atoms with Crippen LogP contribution < -0.4 is 10.2 Å². The largest absolute Gasteiger partial charge is 0.324 e. The van der Waals surface area contributed by atoms with E-state index >= 15 is 0 Å². The van der Waals surface area contributed by atoms with Crippen molar-refractivity contribution in [2.24, 2.45) is 0 Å². The quantitative estimate of drug-likeness (QED) is 0.807. The van der Waals surface area contributed by atoms with Gasteiger partial charge in [0.1, 0.15) is 6.42 Å². The number of nitrogens with zero attached hydrogens (tertiary/aromatic N) is 1. The fourth-order valence-corrected chi connectivity index (χ4v) is 2.34. The molecule has 0 atom stereocenters. The van der Waals surface area contributed by atoms with Crippen molar-refractivity contribution in [3.63, 3.8) is 0 Å². The minimum absolute atomic E-state index is 0.150. The Kier molecular flexibility index (Phi) is 2.99. The number of carbonyl (C=O) groups excluding carboxylic acids is 2. The number of anilines is 3. The van der Waals surface area contributed by atoms with Crippen LogP contribution in [-0.4, -0.2) is 11.8 Å². The van der Waals surface area contributed by atoms with Crippen molar-refractivity contribution >= 4 is 28.9 Å². The summed E-state index contributed by atoms with van der Waals surface area (Å²) in [5.74, 6) is -0.503. The summed E-state index contributed by atoms with van der Waals surface area (Å²) in [5.41, 5.74) is 3.18.